The van der Waals surface area contributed by atoms with Crippen molar-refractivity contribution in [3.05, 3.63) is 0 Å². The molecule has 3 atom stereocenters. The molecule has 22 aliphatic carbocycles. The fourth-order valence-electron chi connectivity index (χ4n) is 24.5. The molecular weight excluding hydrogens is 937 g/mol. The molecule has 0 amide bonds. The summed E-state index contributed by atoms with van der Waals surface area (Å²) in [5, 5.41) is 0. The monoisotopic (exact) mass is 1080 g/mol. The lowest BCUT2D eigenvalue weighted by Gasteiger charge is -2.72. The molecule has 16 bridgehead atoms. The van der Waals surface area contributed by atoms with Crippen LogP contribution in [0.5, 0.6) is 0 Å². The van der Waals surface area contributed by atoms with Crippen LogP contribution in [0.15, 0.2) is 0 Å². The van der Waals surface area contributed by atoms with Crippen LogP contribution in [0.3, 0.4) is 0 Å². The van der Waals surface area contributed by atoms with Crippen molar-refractivity contribution < 1.29 is 0 Å². The molecule has 0 aliphatic heterocycles. The van der Waals surface area contributed by atoms with E-state index in [0.717, 1.165) is 135 Å². The van der Waals surface area contributed by atoms with Gasteiger partial charge in [0.1, 0.15) is 0 Å². The smallest absolute Gasteiger partial charge is 0.0259 e. The van der Waals surface area contributed by atoms with E-state index in [9.17, 15) is 0 Å². The zero-order valence-corrected chi connectivity index (χ0v) is 57.3. The Morgan fingerprint density at radius 1 is 0.295 bits per heavy atom. The van der Waals surface area contributed by atoms with Gasteiger partial charge >= 0.3 is 0 Å². The van der Waals surface area contributed by atoms with E-state index in [1.54, 1.807) is 44.9 Å². The highest BCUT2D eigenvalue weighted by Crippen LogP contribution is 2.78. The van der Waals surface area contributed by atoms with Gasteiger partial charge in [-0.15, -0.1) is 0 Å². The van der Waals surface area contributed by atoms with Crippen LogP contribution in [0, 0.1) is 141 Å². The SMILES string of the molecule is CC(C)C12CC(C)(C1)C2.CC(C)C12CC(C)(C1)C2.CC(C)C12CC(C)(C1)C2.CC(C)C12CC(C)(C1)C2.CC(C)C12CCC(C)(CC1)C2.CC(C)C12CCC(C)(CC1)CC2.CC(C)C1CC2CCC1C2.CC(C)CC12CC(C1)C2. The van der Waals surface area contributed by atoms with Crippen molar-refractivity contribution >= 4 is 0 Å². The van der Waals surface area contributed by atoms with Crippen LogP contribution >= 0.6 is 0 Å². The van der Waals surface area contributed by atoms with E-state index in [4.69, 9.17) is 0 Å². The van der Waals surface area contributed by atoms with Crippen molar-refractivity contribution in [2.75, 3.05) is 0 Å². The van der Waals surface area contributed by atoms with Gasteiger partial charge in [-0.2, -0.15) is 0 Å². The van der Waals surface area contributed by atoms with Gasteiger partial charge in [0.05, 0.1) is 0 Å². The Morgan fingerprint density at radius 2 is 0.590 bits per heavy atom. The van der Waals surface area contributed by atoms with Crippen LogP contribution < -0.4 is 0 Å². The van der Waals surface area contributed by atoms with Gasteiger partial charge in [-0.1, -0.05) is 159 Å². The molecule has 0 saturated heterocycles. The van der Waals surface area contributed by atoms with E-state index in [0.29, 0.717) is 0 Å². The Balaban J connectivity index is 0.000000109. The van der Waals surface area contributed by atoms with E-state index < -0.39 is 0 Å². The van der Waals surface area contributed by atoms with Gasteiger partial charge in [0.15, 0.2) is 0 Å². The van der Waals surface area contributed by atoms with Crippen LogP contribution in [0.1, 0.15) is 351 Å². The molecule has 452 valence electrons. The first-order chi connectivity index (χ1) is 35.9. The molecule has 22 saturated carbocycles. The minimum absolute atomic E-state index is 0.747. The lowest BCUT2D eigenvalue weighted by Crippen LogP contribution is -2.62. The Morgan fingerprint density at radius 3 is 0.731 bits per heavy atom. The summed E-state index contributed by atoms with van der Waals surface area (Å²) in [7, 11) is 0. The number of hydrogen-bond donors (Lipinski definition) is 0. The zero-order valence-electron chi connectivity index (χ0n) is 57.3. The van der Waals surface area contributed by atoms with E-state index in [1.165, 1.54) is 160 Å². The maximum absolute atomic E-state index is 2.50. The largest absolute Gasteiger partial charge is 0.0628 e. The van der Waals surface area contributed by atoms with Gasteiger partial charge in [0, 0.05) is 0 Å². The van der Waals surface area contributed by atoms with Crippen molar-refractivity contribution in [3.63, 3.8) is 0 Å². The summed E-state index contributed by atoms with van der Waals surface area (Å²) in [6.07, 6.45) is 47.4. The lowest BCUT2D eigenvalue weighted by atomic mass is 9.33. The molecule has 0 heteroatoms. The molecule has 0 nitrogen and oxygen atoms in total. The van der Waals surface area contributed by atoms with Crippen molar-refractivity contribution in [2.24, 2.45) is 141 Å². The summed E-state index contributed by atoms with van der Waals surface area (Å²) in [5.41, 5.74) is 10.5. The van der Waals surface area contributed by atoms with Crippen molar-refractivity contribution in [2.45, 2.75) is 351 Å². The molecule has 22 aliphatic rings. The molecule has 78 heavy (non-hydrogen) atoms. The van der Waals surface area contributed by atoms with Gasteiger partial charge in [0.25, 0.3) is 0 Å². The summed E-state index contributed by atoms with van der Waals surface area (Å²) in [6, 6.07) is 0. The Kier molecular flexibility index (Phi) is 17.0. The minimum atomic E-state index is 0.747. The van der Waals surface area contributed by atoms with Gasteiger partial charge in [-0.05, 0) is 334 Å². The second-order valence-corrected chi connectivity index (χ2v) is 39.9. The summed E-state index contributed by atoms with van der Waals surface area (Å²) in [5.74, 6) is 12.0. The third-order valence-electron chi connectivity index (χ3n) is 30.3. The quantitative estimate of drug-likeness (QED) is 0.216. The molecule has 0 heterocycles. The molecule has 0 radical (unpaired) electrons. The third kappa shape index (κ3) is 11.8. The molecule has 0 aromatic rings. The van der Waals surface area contributed by atoms with Gasteiger partial charge in [-0.3, -0.25) is 0 Å². The van der Waals surface area contributed by atoms with Crippen LogP contribution in [0.25, 0.3) is 0 Å². The van der Waals surface area contributed by atoms with Gasteiger partial charge < -0.3 is 0 Å². The molecule has 0 aromatic carbocycles. The van der Waals surface area contributed by atoms with E-state index >= 15 is 0 Å². The molecule has 0 spiro atoms. The molecule has 22 rings (SSSR count). The zero-order chi connectivity index (χ0) is 57.3. The standard InChI is InChI=1S/C12H22.C11H20.C10H18.5C9H16/c1-10(2)12-7-4-11(3,5-8-12)6-9-12;1-9(2)11-6-4-10(3,8-11)5-7-11;1-7(2)10-6-8-3-4-9(10)5-8;4*1-7(2)9-4-8(3,5-9)6-9;1-7(2)3-9-4-8(5-9)6-9/h10H,4-9H2,1-3H3;9H,4-8H2,1-3H3;7-10H,3-6H2,1-2H3;4*7H,4-6H2,1-3H3;7-8H,3-6H2,1-2H3. The highest BCUT2D eigenvalue weighted by Gasteiger charge is 2.68. The predicted octanol–water partition coefficient (Wildman–Crippen LogP) is 24.9. The fourth-order valence-corrected chi connectivity index (χ4v) is 24.5. The fraction of sp³-hybridized carbons (Fsp3) is 1.00. The summed E-state index contributed by atoms with van der Waals surface area (Å²) < 4.78 is 0. The van der Waals surface area contributed by atoms with Crippen molar-refractivity contribution in [3.8, 4) is 0 Å². The summed E-state index contributed by atoms with van der Waals surface area (Å²) >= 11 is 0. The highest BCUT2D eigenvalue weighted by molar-refractivity contribution is 5.18. The first kappa shape index (κ1) is 62.5. The Labute approximate surface area is 490 Å². The van der Waals surface area contributed by atoms with Crippen LogP contribution in [0.2, 0.25) is 0 Å². The van der Waals surface area contributed by atoms with Gasteiger partial charge in [-0.25, -0.2) is 0 Å². The van der Waals surface area contributed by atoms with Crippen molar-refractivity contribution in [1.29, 1.82) is 0 Å². The first-order valence-electron chi connectivity index (χ1n) is 35.9. The van der Waals surface area contributed by atoms with Gasteiger partial charge in [0.2, 0.25) is 0 Å². The number of fused-ring (bicyclic) bond motifs is 7. The number of hydrogen-bond acceptors (Lipinski definition) is 0. The maximum atomic E-state index is 2.50. The summed E-state index contributed by atoms with van der Waals surface area (Å²) in [4.78, 5) is 0. The minimum Gasteiger partial charge on any atom is -0.0628 e. The first-order valence-corrected chi connectivity index (χ1v) is 35.9. The highest BCUT2D eigenvalue weighted by atomic mass is 14.7. The van der Waals surface area contributed by atoms with E-state index in [-0.39, 0.29) is 0 Å². The predicted molar refractivity (Wildman–Crippen MR) is 341 cm³/mol. The Bertz CT molecular complexity index is 1770. The molecule has 22 fully saturated rings. The third-order valence-corrected chi connectivity index (χ3v) is 30.3. The van der Waals surface area contributed by atoms with E-state index in [1.807, 2.05) is 0 Å². The average Bonchev–Trinajstić information content (AvgIpc) is 4.05. The normalized spacial score (nSPS) is 50.5. The number of rotatable bonds is 9. The van der Waals surface area contributed by atoms with Crippen LogP contribution in [-0.4, -0.2) is 0 Å². The second-order valence-electron chi connectivity index (χ2n) is 39.9. The molecule has 0 N–H and O–H groups in total. The van der Waals surface area contributed by atoms with E-state index in [2.05, 4.69) is 152 Å². The average molecular weight is 1080 g/mol. The molecule has 0 aromatic heterocycles. The van der Waals surface area contributed by atoms with Crippen molar-refractivity contribution in [1.82, 2.24) is 0 Å². The van der Waals surface area contributed by atoms with Crippen LogP contribution in [0.4, 0.5) is 0 Å². The molecule has 3 unspecified atom stereocenters. The Hall–Kier alpha value is 0. The second kappa shape index (κ2) is 21.2. The topological polar surface area (TPSA) is 0 Å². The maximum Gasteiger partial charge on any atom is -0.0259 e. The molecular formula is C78H140. The van der Waals surface area contributed by atoms with Crippen LogP contribution in [-0.2, 0) is 0 Å². The lowest BCUT2D eigenvalue weighted by molar-refractivity contribution is -0.217. The summed E-state index contributed by atoms with van der Waals surface area (Å²) in [6.45, 7) is 52.8.